The first kappa shape index (κ1) is 17.3. The zero-order valence-electron chi connectivity index (χ0n) is 13.0. The van der Waals surface area contributed by atoms with Crippen LogP contribution in [0.1, 0.15) is 15.9 Å². The topological polar surface area (TPSA) is 66.5 Å². The number of nitrogens with zero attached hydrogens (tertiary/aromatic N) is 1. The lowest BCUT2D eigenvalue weighted by molar-refractivity contribution is 0.102. The van der Waals surface area contributed by atoms with Gasteiger partial charge < -0.3 is 5.32 Å². The molecule has 9 heteroatoms. The van der Waals surface area contributed by atoms with Crippen molar-refractivity contribution in [3.63, 3.8) is 0 Å². The third-order valence-corrected chi connectivity index (χ3v) is 5.06. The summed E-state index contributed by atoms with van der Waals surface area (Å²) in [7, 11) is -3.41. The van der Waals surface area contributed by atoms with E-state index in [2.05, 4.69) is 5.32 Å². The minimum absolute atomic E-state index is 0.151. The SMILES string of the molecule is CS(=O)(=O)N1CCc2cc(C(=O)Nc3ccc(F)c(F)c3F)ccc21. The van der Waals surface area contributed by atoms with Gasteiger partial charge in [-0.2, -0.15) is 0 Å². The molecule has 0 bridgehead atoms. The van der Waals surface area contributed by atoms with Crippen LogP contribution in [0.3, 0.4) is 0 Å². The molecule has 1 aliphatic heterocycles. The van der Waals surface area contributed by atoms with Crippen LogP contribution in [-0.4, -0.2) is 27.1 Å². The summed E-state index contributed by atoms with van der Waals surface area (Å²) in [5, 5.41) is 2.17. The molecular weight excluding hydrogens is 357 g/mol. The maximum atomic E-state index is 13.6. The maximum Gasteiger partial charge on any atom is 0.255 e. The van der Waals surface area contributed by atoms with E-state index < -0.39 is 39.1 Å². The summed E-state index contributed by atoms with van der Waals surface area (Å²) in [4.78, 5) is 12.2. The first-order valence-electron chi connectivity index (χ1n) is 7.24. The van der Waals surface area contributed by atoms with Gasteiger partial charge in [-0.1, -0.05) is 0 Å². The molecule has 0 atom stereocenters. The monoisotopic (exact) mass is 370 g/mol. The molecule has 0 radical (unpaired) electrons. The number of sulfonamides is 1. The molecule has 0 spiro atoms. The first-order valence-corrected chi connectivity index (χ1v) is 9.09. The molecule has 1 N–H and O–H groups in total. The van der Waals surface area contributed by atoms with Crippen molar-refractivity contribution in [2.75, 3.05) is 22.4 Å². The third-order valence-electron chi connectivity index (χ3n) is 3.88. The zero-order chi connectivity index (χ0) is 18.4. The molecule has 0 fully saturated rings. The summed E-state index contributed by atoms with van der Waals surface area (Å²) >= 11 is 0. The van der Waals surface area contributed by atoms with E-state index in [0.29, 0.717) is 23.7 Å². The second kappa shape index (κ2) is 6.07. The van der Waals surface area contributed by atoms with Gasteiger partial charge in [0.2, 0.25) is 10.0 Å². The average molecular weight is 370 g/mol. The van der Waals surface area contributed by atoms with Gasteiger partial charge in [-0.25, -0.2) is 21.6 Å². The van der Waals surface area contributed by atoms with Crippen LogP contribution in [0.4, 0.5) is 24.5 Å². The Morgan fingerprint density at radius 1 is 1.12 bits per heavy atom. The standard InChI is InChI=1S/C16H13F3N2O3S/c1-25(23,24)21-7-6-9-8-10(2-5-13(9)21)16(22)20-12-4-3-11(17)14(18)15(12)19/h2-5,8H,6-7H2,1H3,(H,20,22). The quantitative estimate of drug-likeness (QED) is 0.845. The molecule has 0 aromatic heterocycles. The second-order valence-corrected chi connectivity index (χ2v) is 7.51. The third kappa shape index (κ3) is 3.19. The fourth-order valence-electron chi connectivity index (χ4n) is 2.67. The second-order valence-electron chi connectivity index (χ2n) is 5.61. The Bertz CT molecular complexity index is 977. The van der Waals surface area contributed by atoms with E-state index in [-0.39, 0.29) is 12.1 Å². The van der Waals surface area contributed by atoms with Gasteiger partial charge in [0.1, 0.15) is 0 Å². The van der Waals surface area contributed by atoms with Crippen LogP contribution in [0, 0.1) is 17.5 Å². The molecule has 5 nitrogen and oxygen atoms in total. The van der Waals surface area contributed by atoms with Gasteiger partial charge in [0.15, 0.2) is 17.5 Å². The van der Waals surface area contributed by atoms with Crippen LogP contribution >= 0.6 is 0 Å². The molecule has 0 aliphatic carbocycles. The summed E-state index contributed by atoms with van der Waals surface area (Å²) < 4.78 is 64.4. The fraction of sp³-hybridized carbons (Fsp3) is 0.188. The van der Waals surface area contributed by atoms with E-state index in [0.717, 1.165) is 12.3 Å². The Labute approximate surface area is 142 Å². The average Bonchev–Trinajstić information content (AvgIpc) is 2.98. The van der Waals surface area contributed by atoms with E-state index >= 15 is 0 Å². The van der Waals surface area contributed by atoms with Gasteiger partial charge in [-0.05, 0) is 42.3 Å². The Morgan fingerprint density at radius 3 is 2.52 bits per heavy atom. The van der Waals surface area contributed by atoms with E-state index in [1.54, 1.807) is 0 Å². The Hall–Kier alpha value is -2.55. The van der Waals surface area contributed by atoms with Crippen molar-refractivity contribution < 1.29 is 26.4 Å². The molecule has 1 aliphatic rings. The molecule has 1 amide bonds. The van der Waals surface area contributed by atoms with Crippen molar-refractivity contribution in [2.45, 2.75) is 6.42 Å². The van der Waals surface area contributed by atoms with Gasteiger partial charge in [0.05, 0.1) is 17.6 Å². The molecule has 132 valence electrons. The minimum Gasteiger partial charge on any atom is -0.319 e. The lowest BCUT2D eigenvalue weighted by atomic mass is 10.1. The number of hydrogen-bond donors (Lipinski definition) is 1. The van der Waals surface area contributed by atoms with Crippen molar-refractivity contribution >= 4 is 27.3 Å². The van der Waals surface area contributed by atoms with Crippen molar-refractivity contribution in [1.82, 2.24) is 0 Å². The van der Waals surface area contributed by atoms with Crippen LogP contribution in [0.15, 0.2) is 30.3 Å². The Kier molecular flexibility index (Phi) is 4.19. The summed E-state index contributed by atoms with van der Waals surface area (Å²) in [6.45, 7) is 0.275. The molecule has 0 saturated carbocycles. The smallest absolute Gasteiger partial charge is 0.255 e. The fourth-order valence-corrected chi connectivity index (χ4v) is 3.63. The number of carbonyl (C=O) groups is 1. The summed E-state index contributed by atoms with van der Waals surface area (Å²) in [6, 6.07) is 5.99. The van der Waals surface area contributed by atoms with Crippen LogP contribution in [0.25, 0.3) is 0 Å². The highest BCUT2D eigenvalue weighted by Gasteiger charge is 2.27. The predicted molar refractivity (Wildman–Crippen MR) is 86.6 cm³/mol. The molecule has 0 saturated heterocycles. The van der Waals surface area contributed by atoms with E-state index in [9.17, 15) is 26.4 Å². The summed E-state index contributed by atoms with van der Waals surface area (Å²) in [5.41, 5.74) is 0.808. The Morgan fingerprint density at radius 2 is 1.84 bits per heavy atom. The van der Waals surface area contributed by atoms with E-state index in [4.69, 9.17) is 0 Å². The van der Waals surface area contributed by atoms with Crippen LogP contribution in [0.2, 0.25) is 0 Å². The highest BCUT2D eigenvalue weighted by Crippen LogP contribution is 2.31. The molecule has 2 aromatic rings. The number of nitrogens with one attached hydrogen (secondary N) is 1. The van der Waals surface area contributed by atoms with Crippen LogP contribution in [0.5, 0.6) is 0 Å². The van der Waals surface area contributed by atoms with Gasteiger partial charge in [-0.3, -0.25) is 9.10 Å². The lowest BCUT2D eigenvalue weighted by Crippen LogP contribution is -2.27. The van der Waals surface area contributed by atoms with Crippen LogP contribution < -0.4 is 9.62 Å². The molecule has 3 rings (SSSR count). The van der Waals surface area contributed by atoms with Crippen molar-refractivity contribution in [1.29, 1.82) is 0 Å². The maximum absolute atomic E-state index is 13.6. The first-order chi connectivity index (χ1) is 11.7. The van der Waals surface area contributed by atoms with Crippen LogP contribution in [-0.2, 0) is 16.4 Å². The summed E-state index contributed by atoms with van der Waals surface area (Å²) in [5.74, 6) is -5.23. The van der Waals surface area contributed by atoms with Gasteiger partial charge in [0, 0.05) is 12.1 Å². The number of halogens is 3. The van der Waals surface area contributed by atoms with E-state index in [1.165, 1.54) is 22.5 Å². The van der Waals surface area contributed by atoms with Crippen molar-refractivity contribution in [2.24, 2.45) is 0 Å². The Balaban J connectivity index is 1.87. The number of benzene rings is 2. The number of carbonyl (C=O) groups excluding carboxylic acids is 1. The molecule has 2 aromatic carbocycles. The highest BCUT2D eigenvalue weighted by molar-refractivity contribution is 7.92. The molecule has 25 heavy (non-hydrogen) atoms. The lowest BCUT2D eigenvalue weighted by Gasteiger charge is -2.16. The predicted octanol–water partition coefficient (Wildman–Crippen LogP) is 2.68. The normalized spacial score (nSPS) is 13.7. The van der Waals surface area contributed by atoms with Gasteiger partial charge >= 0.3 is 0 Å². The number of amides is 1. The molecule has 1 heterocycles. The van der Waals surface area contributed by atoms with E-state index in [1.807, 2.05) is 0 Å². The van der Waals surface area contributed by atoms with Gasteiger partial charge in [0.25, 0.3) is 5.91 Å². The minimum atomic E-state index is -3.41. The number of hydrogen-bond acceptors (Lipinski definition) is 3. The number of fused-ring (bicyclic) bond motifs is 1. The number of rotatable bonds is 3. The number of anilines is 2. The van der Waals surface area contributed by atoms with Crippen molar-refractivity contribution in [3.05, 3.63) is 58.9 Å². The largest absolute Gasteiger partial charge is 0.319 e. The van der Waals surface area contributed by atoms with Crippen molar-refractivity contribution in [3.8, 4) is 0 Å². The molecule has 0 unspecified atom stereocenters. The van der Waals surface area contributed by atoms with Gasteiger partial charge in [-0.15, -0.1) is 0 Å². The summed E-state index contributed by atoms with van der Waals surface area (Å²) in [6.07, 6.45) is 1.53. The molecular formula is C16H13F3N2O3S. The highest BCUT2D eigenvalue weighted by atomic mass is 32.2. The zero-order valence-corrected chi connectivity index (χ0v) is 13.8.